The summed E-state index contributed by atoms with van der Waals surface area (Å²) < 4.78 is 0.914. The minimum atomic E-state index is -0.949. The Balaban J connectivity index is 2.43. The van der Waals surface area contributed by atoms with Crippen LogP contribution in [-0.4, -0.2) is 5.78 Å². The van der Waals surface area contributed by atoms with Crippen molar-refractivity contribution in [3.05, 3.63) is 67.6 Å². The molecule has 106 valence electrons. The van der Waals surface area contributed by atoms with Crippen molar-refractivity contribution in [2.75, 3.05) is 0 Å². The Morgan fingerprint density at radius 2 is 1.95 bits per heavy atom. The Labute approximate surface area is 141 Å². The third kappa shape index (κ3) is 3.47. The van der Waals surface area contributed by atoms with Gasteiger partial charge in [0.1, 0.15) is 5.92 Å². The predicted molar refractivity (Wildman–Crippen MR) is 88.0 cm³/mol. The highest BCUT2D eigenvalue weighted by atomic mass is 79.9. The van der Waals surface area contributed by atoms with Gasteiger partial charge in [-0.1, -0.05) is 51.3 Å². The summed E-state index contributed by atoms with van der Waals surface area (Å²) in [5, 5.41) is 10.1. The van der Waals surface area contributed by atoms with E-state index in [2.05, 4.69) is 15.9 Å². The van der Waals surface area contributed by atoms with Crippen LogP contribution < -0.4 is 0 Å². The smallest absolute Gasteiger partial charge is 0.184 e. The minimum Gasteiger partial charge on any atom is -0.292 e. The van der Waals surface area contributed by atoms with Crippen LogP contribution in [0.3, 0.4) is 0 Å². The molecule has 5 heteroatoms. The van der Waals surface area contributed by atoms with Gasteiger partial charge in [0.15, 0.2) is 5.78 Å². The number of carbonyl (C=O) groups excluding carboxylic acids is 1. The van der Waals surface area contributed by atoms with Crippen LogP contribution in [0.15, 0.2) is 40.9 Å². The molecule has 1 atom stereocenters. The van der Waals surface area contributed by atoms with Gasteiger partial charge in [-0.2, -0.15) is 5.26 Å². The molecule has 0 heterocycles. The Bertz CT molecular complexity index is 752. The highest BCUT2D eigenvalue weighted by molar-refractivity contribution is 9.10. The van der Waals surface area contributed by atoms with E-state index in [0.29, 0.717) is 21.2 Å². The molecule has 21 heavy (non-hydrogen) atoms. The number of nitriles is 1. The molecule has 0 saturated heterocycles. The molecule has 0 bridgehead atoms. The summed E-state index contributed by atoms with van der Waals surface area (Å²) in [6.45, 7) is 1.89. The van der Waals surface area contributed by atoms with Crippen molar-refractivity contribution in [3.63, 3.8) is 0 Å². The van der Waals surface area contributed by atoms with Crippen LogP contribution in [0.2, 0.25) is 10.0 Å². The molecule has 0 saturated carbocycles. The van der Waals surface area contributed by atoms with Gasteiger partial charge in [-0.15, -0.1) is 0 Å². The fourth-order valence-electron chi connectivity index (χ4n) is 1.97. The predicted octanol–water partition coefficient (Wildman–Crippen LogP) is 5.55. The first-order valence-corrected chi connectivity index (χ1v) is 7.64. The third-order valence-corrected chi connectivity index (χ3v) is 4.56. The van der Waals surface area contributed by atoms with E-state index in [0.717, 1.165) is 10.0 Å². The molecule has 0 aliphatic carbocycles. The number of rotatable bonds is 3. The van der Waals surface area contributed by atoms with Crippen LogP contribution in [0.5, 0.6) is 0 Å². The van der Waals surface area contributed by atoms with Crippen molar-refractivity contribution in [3.8, 4) is 6.07 Å². The average molecular weight is 383 g/mol. The number of benzene rings is 2. The fraction of sp³-hybridized carbons (Fsp3) is 0.125. The summed E-state index contributed by atoms with van der Waals surface area (Å²) in [6.07, 6.45) is 0. The largest absolute Gasteiger partial charge is 0.292 e. The first-order valence-electron chi connectivity index (χ1n) is 6.09. The van der Waals surface area contributed by atoms with E-state index in [1.54, 1.807) is 30.3 Å². The van der Waals surface area contributed by atoms with E-state index < -0.39 is 5.92 Å². The Kier molecular flexibility index (Phi) is 5.05. The average Bonchev–Trinajstić information content (AvgIpc) is 2.44. The Morgan fingerprint density at radius 3 is 2.52 bits per heavy atom. The molecule has 0 aliphatic heterocycles. The van der Waals surface area contributed by atoms with Gasteiger partial charge >= 0.3 is 0 Å². The zero-order chi connectivity index (χ0) is 15.6. The highest BCUT2D eigenvalue weighted by Gasteiger charge is 2.24. The van der Waals surface area contributed by atoms with Crippen molar-refractivity contribution in [1.82, 2.24) is 0 Å². The van der Waals surface area contributed by atoms with E-state index in [4.69, 9.17) is 23.2 Å². The lowest BCUT2D eigenvalue weighted by Gasteiger charge is -2.11. The van der Waals surface area contributed by atoms with E-state index in [-0.39, 0.29) is 5.78 Å². The second kappa shape index (κ2) is 6.62. The van der Waals surface area contributed by atoms with E-state index >= 15 is 0 Å². The van der Waals surface area contributed by atoms with E-state index in [1.807, 2.05) is 13.0 Å². The van der Waals surface area contributed by atoms with Gasteiger partial charge in [0.2, 0.25) is 0 Å². The van der Waals surface area contributed by atoms with E-state index in [9.17, 15) is 10.1 Å². The maximum atomic E-state index is 12.5. The van der Waals surface area contributed by atoms with Crippen LogP contribution >= 0.6 is 39.1 Å². The van der Waals surface area contributed by atoms with Crippen molar-refractivity contribution in [2.24, 2.45) is 0 Å². The molecule has 0 amide bonds. The third-order valence-electron chi connectivity index (χ3n) is 3.11. The molecule has 0 radical (unpaired) electrons. The number of hydrogen-bond donors (Lipinski definition) is 0. The number of halogens is 3. The summed E-state index contributed by atoms with van der Waals surface area (Å²) in [5.41, 5.74) is 1.88. The van der Waals surface area contributed by atoms with Crippen LogP contribution in [0.4, 0.5) is 0 Å². The van der Waals surface area contributed by atoms with Crippen molar-refractivity contribution >= 4 is 44.9 Å². The first kappa shape index (κ1) is 16.0. The number of nitrogens with zero attached hydrogens (tertiary/aromatic N) is 1. The Hall–Kier alpha value is -1.34. The lowest BCUT2D eigenvalue weighted by molar-refractivity contribution is 0.0979. The molecule has 1 unspecified atom stereocenters. The quantitative estimate of drug-likeness (QED) is 0.652. The lowest BCUT2D eigenvalue weighted by atomic mass is 9.91. The van der Waals surface area contributed by atoms with Crippen molar-refractivity contribution < 1.29 is 4.79 Å². The molecule has 2 aromatic rings. The van der Waals surface area contributed by atoms with Crippen LogP contribution in [0.25, 0.3) is 0 Å². The summed E-state index contributed by atoms with van der Waals surface area (Å²) >= 11 is 15.3. The number of aryl methyl sites for hydroxylation is 1. The zero-order valence-corrected chi connectivity index (χ0v) is 14.1. The zero-order valence-electron chi connectivity index (χ0n) is 11.0. The van der Waals surface area contributed by atoms with Crippen molar-refractivity contribution in [1.29, 1.82) is 5.26 Å². The summed E-state index contributed by atoms with van der Waals surface area (Å²) in [5.74, 6) is -1.23. The fourth-order valence-corrected chi connectivity index (χ4v) is 2.73. The molecular formula is C16H10BrCl2NO. The SMILES string of the molecule is Cc1cc(C(=O)C(C#N)c2ccc(Cl)cc2Cl)ccc1Br. The summed E-state index contributed by atoms with van der Waals surface area (Å²) in [6, 6.07) is 12.0. The normalized spacial score (nSPS) is 11.8. The maximum absolute atomic E-state index is 12.5. The van der Waals surface area contributed by atoms with Gasteiger partial charge in [0, 0.05) is 20.1 Å². The maximum Gasteiger partial charge on any atom is 0.184 e. The van der Waals surface area contributed by atoms with Gasteiger partial charge in [0.25, 0.3) is 0 Å². The highest BCUT2D eigenvalue weighted by Crippen LogP contribution is 2.30. The van der Waals surface area contributed by atoms with Gasteiger partial charge in [-0.05, 0) is 42.3 Å². The standard InChI is InChI=1S/C16H10BrCl2NO/c1-9-6-10(2-5-14(9)17)16(21)13(8-20)12-4-3-11(18)7-15(12)19/h2-7,13H,1H3. The monoisotopic (exact) mass is 381 g/mol. The molecule has 0 N–H and O–H groups in total. The first-order chi connectivity index (χ1) is 9.93. The minimum absolute atomic E-state index is 0.280. The number of carbonyl (C=O) groups is 1. The lowest BCUT2D eigenvalue weighted by Crippen LogP contribution is -2.12. The number of Topliss-reactive ketones (excluding diaryl/α,β-unsaturated/α-hetero) is 1. The molecule has 0 aromatic heterocycles. The Morgan fingerprint density at radius 1 is 1.24 bits per heavy atom. The molecule has 0 spiro atoms. The molecular weight excluding hydrogens is 373 g/mol. The van der Waals surface area contributed by atoms with Gasteiger partial charge in [0.05, 0.1) is 6.07 Å². The van der Waals surface area contributed by atoms with Crippen LogP contribution in [0.1, 0.15) is 27.4 Å². The molecule has 0 aliphatic rings. The number of hydrogen-bond acceptors (Lipinski definition) is 2. The van der Waals surface area contributed by atoms with Gasteiger partial charge < -0.3 is 0 Å². The van der Waals surface area contributed by atoms with Crippen LogP contribution in [0, 0.1) is 18.3 Å². The van der Waals surface area contributed by atoms with Crippen molar-refractivity contribution in [2.45, 2.75) is 12.8 Å². The van der Waals surface area contributed by atoms with Gasteiger partial charge in [-0.25, -0.2) is 0 Å². The molecule has 2 rings (SSSR count). The second-order valence-electron chi connectivity index (χ2n) is 4.56. The molecule has 0 fully saturated rings. The summed E-state index contributed by atoms with van der Waals surface area (Å²) in [7, 11) is 0. The number of ketones is 1. The molecule has 2 aromatic carbocycles. The topological polar surface area (TPSA) is 40.9 Å². The summed E-state index contributed by atoms with van der Waals surface area (Å²) in [4.78, 5) is 12.5. The molecule has 2 nitrogen and oxygen atoms in total. The van der Waals surface area contributed by atoms with E-state index in [1.165, 1.54) is 6.07 Å². The van der Waals surface area contributed by atoms with Gasteiger partial charge in [-0.3, -0.25) is 4.79 Å². The van der Waals surface area contributed by atoms with Crippen LogP contribution in [-0.2, 0) is 0 Å². The second-order valence-corrected chi connectivity index (χ2v) is 6.25.